The molecule has 0 aromatic heterocycles. The van der Waals surface area contributed by atoms with Crippen LogP contribution in [0.5, 0.6) is 0 Å². The topological polar surface area (TPSA) is 74.8 Å². The second kappa shape index (κ2) is 9.53. The Morgan fingerprint density at radius 1 is 1.11 bits per heavy atom. The van der Waals surface area contributed by atoms with Crippen LogP contribution in [0, 0.1) is 11.6 Å². The number of hydrogen-bond donors (Lipinski definition) is 3. The maximum absolute atomic E-state index is 13.6. The van der Waals surface area contributed by atoms with Gasteiger partial charge >= 0.3 is 6.09 Å². The maximum Gasteiger partial charge on any atom is 0.408 e. The Hall–Kier alpha value is -2.38. The van der Waals surface area contributed by atoms with Gasteiger partial charge in [-0.3, -0.25) is 4.99 Å². The van der Waals surface area contributed by atoms with Crippen molar-refractivity contribution >= 4 is 12.1 Å². The number of aliphatic imine (C=N–C) groups is 1. The molecule has 1 aromatic carbocycles. The molecule has 0 heterocycles. The summed E-state index contributed by atoms with van der Waals surface area (Å²) < 4.78 is 32.5. The molecule has 0 atom stereocenters. The van der Waals surface area contributed by atoms with E-state index in [1.54, 1.807) is 27.8 Å². The number of benzene rings is 1. The zero-order valence-electron chi connectivity index (χ0n) is 16.9. The largest absolute Gasteiger partial charge is 0.444 e. The van der Waals surface area contributed by atoms with Crippen molar-refractivity contribution in [3.05, 3.63) is 35.4 Å². The molecule has 152 valence electrons. The van der Waals surface area contributed by atoms with E-state index in [2.05, 4.69) is 20.9 Å². The first-order chi connectivity index (χ1) is 12.4. The van der Waals surface area contributed by atoms with Gasteiger partial charge in [-0.05, 0) is 53.2 Å². The van der Waals surface area contributed by atoms with Crippen molar-refractivity contribution in [2.75, 3.05) is 20.1 Å². The molecule has 1 amide bonds. The summed E-state index contributed by atoms with van der Waals surface area (Å²) in [5.41, 5.74) is -1.14. The quantitative estimate of drug-likeness (QED) is 0.521. The number of rotatable bonds is 6. The third-order valence-electron chi connectivity index (χ3n) is 3.49. The predicted octanol–water partition coefficient (Wildman–Crippen LogP) is 2.98. The van der Waals surface area contributed by atoms with Crippen molar-refractivity contribution in [3.63, 3.8) is 0 Å². The smallest absolute Gasteiger partial charge is 0.408 e. The highest BCUT2D eigenvalue weighted by Crippen LogP contribution is 2.12. The monoisotopic (exact) mass is 384 g/mol. The molecule has 3 N–H and O–H groups in total. The Bertz CT molecular complexity index is 650. The van der Waals surface area contributed by atoms with Crippen LogP contribution in [0.3, 0.4) is 0 Å². The molecule has 6 nitrogen and oxygen atoms in total. The minimum absolute atomic E-state index is 0.0346. The molecule has 8 heteroatoms. The van der Waals surface area contributed by atoms with E-state index in [0.717, 1.165) is 0 Å². The molecular formula is C19H30F2N4O2. The van der Waals surface area contributed by atoms with E-state index < -0.39 is 28.9 Å². The summed E-state index contributed by atoms with van der Waals surface area (Å²) in [5.74, 6) is -0.671. The van der Waals surface area contributed by atoms with E-state index in [1.165, 1.54) is 18.2 Å². The zero-order chi connectivity index (χ0) is 20.7. The molecule has 1 aromatic rings. The molecule has 0 radical (unpaired) electrons. The van der Waals surface area contributed by atoms with Crippen molar-refractivity contribution < 1.29 is 18.3 Å². The number of carbonyl (C=O) groups excluding carboxylic acids is 1. The minimum Gasteiger partial charge on any atom is -0.444 e. The van der Waals surface area contributed by atoms with Crippen LogP contribution >= 0.6 is 0 Å². The minimum atomic E-state index is -0.600. The molecule has 0 aliphatic heterocycles. The van der Waals surface area contributed by atoms with Crippen LogP contribution in [0.15, 0.2) is 23.2 Å². The van der Waals surface area contributed by atoms with E-state index in [-0.39, 0.29) is 12.0 Å². The summed E-state index contributed by atoms with van der Waals surface area (Å²) in [4.78, 5) is 16.0. The van der Waals surface area contributed by atoms with Gasteiger partial charge in [0.05, 0.1) is 5.54 Å². The van der Waals surface area contributed by atoms with Crippen LogP contribution < -0.4 is 16.0 Å². The Labute approximate surface area is 159 Å². The Morgan fingerprint density at radius 2 is 1.70 bits per heavy atom. The number of halogens is 2. The fourth-order valence-corrected chi connectivity index (χ4v) is 2.23. The van der Waals surface area contributed by atoms with E-state index in [9.17, 15) is 13.6 Å². The average molecular weight is 384 g/mol. The molecule has 0 unspecified atom stereocenters. The van der Waals surface area contributed by atoms with Crippen molar-refractivity contribution in [3.8, 4) is 0 Å². The van der Waals surface area contributed by atoms with Crippen LogP contribution in [-0.4, -0.2) is 43.3 Å². The maximum atomic E-state index is 13.6. The van der Waals surface area contributed by atoms with Gasteiger partial charge in [0, 0.05) is 25.7 Å². The van der Waals surface area contributed by atoms with E-state index in [0.29, 0.717) is 19.0 Å². The van der Waals surface area contributed by atoms with Crippen molar-refractivity contribution in [1.82, 2.24) is 16.0 Å². The Morgan fingerprint density at radius 3 is 2.22 bits per heavy atom. The number of nitrogens with one attached hydrogen (secondary N) is 3. The fraction of sp³-hybridized carbons (Fsp3) is 0.579. The molecule has 0 fully saturated rings. The summed E-state index contributed by atoms with van der Waals surface area (Å²) in [7, 11) is 1.59. The first-order valence-corrected chi connectivity index (χ1v) is 8.82. The predicted molar refractivity (Wildman–Crippen MR) is 103 cm³/mol. The van der Waals surface area contributed by atoms with E-state index >= 15 is 0 Å². The normalized spacial score (nSPS) is 12.5. The lowest BCUT2D eigenvalue weighted by atomic mass is 10.1. The second-order valence-corrected chi connectivity index (χ2v) is 7.81. The van der Waals surface area contributed by atoms with E-state index in [1.807, 2.05) is 13.8 Å². The molecule has 0 bridgehead atoms. The van der Waals surface area contributed by atoms with Gasteiger partial charge in [-0.25, -0.2) is 13.6 Å². The van der Waals surface area contributed by atoms with Crippen molar-refractivity contribution in [1.29, 1.82) is 0 Å². The van der Waals surface area contributed by atoms with Gasteiger partial charge in [-0.15, -0.1) is 0 Å². The number of guanidine groups is 1. The van der Waals surface area contributed by atoms with Crippen molar-refractivity contribution in [2.45, 2.75) is 52.2 Å². The third-order valence-corrected chi connectivity index (χ3v) is 3.49. The van der Waals surface area contributed by atoms with E-state index in [4.69, 9.17) is 4.74 Å². The lowest BCUT2D eigenvalue weighted by molar-refractivity contribution is 0.0474. The highest BCUT2D eigenvalue weighted by Gasteiger charge is 2.24. The van der Waals surface area contributed by atoms with Gasteiger partial charge in [0.25, 0.3) is 0 Å². The van der Waals surface area contributed by atoms with Gasteiger partial charge in [-0.2, -0.15) is 0 Å². The lowest BCUT2D eigenvalue weighted by Gasteiger charge is -2.29. The zero-order valence-corrected chi connectivity index (χ0v) is 16.9. The van der Waals surface area contributed by atoms with Gasteiger partial charge < -0.3 is 20.7 Å². The average Bonchev–Trinajstić information content (AvgIpc) is 2.50. The second-order valence-electron chi connectivity index (χ2n) is 7.81. The van der Waals surface area contributed by atoms with Crippen LogP contribution in [0.4, 0.5) is 13.6 Å². The van der Waals surface area contributed by atoms with Crippen LogP contribution in [0.2, 0.25) is 0 Å². The summed E-state index contributed by atoms with van der Waals surface area (Å²) in [6, 6.07) is 3.80. The van der Waals surface area contributed by atoms with Crippen molar-refractivity contribution in [2.24, 2.45) is 4.99 Å². The summed E-state index contributed by atoms with van der Waals surface area (Å²) in [5, 5.41) is 8.86. The number of carbonyl (C=O) groups is 1. The Balaban J connectivity index is 2.48. The lowest BCUT2D eigenvalue weighted by Crippen LogP contribution is -2.54. The molecule has 0 aliphatic carbocycles. The Kier molecular flexibility index (Phi) is 7.99. The molecule has 0 saturated heterocycles. The first kappa shape index (κ1) is 22.7. The fourth-order valence-electron chi connectivity index (χ4n) is 2.23. The molecule has 0 aliphatic rings. The summed E-state index contributed by atoms with van der Waals surface area (Å²) in [6.07, 6.45) is -0.328. The molecule has 27 heavy (non-hydrogen) atoms. The first-order valence-electron chi connectivity index (χ1n) is 8.82. The standard InChI is InChI=1S/C19H30F2N4O2/c1-18(2,3)27-17(26)25-19(4,5)12-24-16(22-6)23-11-10-13-14(20)8-7-9-15(13)21/h7-9H,10-12H2,1-6H3,(H,25,26)(H2,22,23,24). The molecule has 0 saturated carbocycles. The third kappa shape index (κ3) is 8.70. The summed E-state index contributed by atoms with van der Waals surface area (Å²) in [6.45, 7) is 9.74. The number of nitrogens with zero attached hydrogens (tertiary/aromatic N) is 1. The molecular weight excluding hydrogens is 354 g/mol. The SMILES string of the molecule is CN=C(NCCc1c(F)cccc1F)NCC(C)(C)NC(=O)OC(C)(C)C. The highest BCUT2D eigenvalue weighted by molar-refractivity contribution is 5.79. The van der Waals surface area contributed by atoms with Gasteiger partial charge in [0.15, 0.2) is 5.96 Å². The van der Waals surface area contributed by atoms with Crippen LogP contribution in [0.1, 0.15) is 40.2 Å². The number of hydrogen-bond acceptors (Lipinski definition) is 3. The van der Waals surface area contributed by atoms with Gasteiger partial charge in [0.2, 0.25) is 0 Å². The van der Waals surface area contributed by atoms with Crippen LogP contribution in [0.25, 0.3) is 0 Å². The van der Waals surface area contributed by atoms with Crippen LogP contribution in [-0.2, 0) is 11.2 Å². The highest BCUT2D eigenvalue weighted by atomic mass is 19.1. The number of ether oxygens (including phenoxy) is 1. The molecule has 0 spiro atoms. The molecule has 1 rings (SSSR count). The van der Waals surface area contributed by atoms with Gasteiger partial charge in [0.1, 0.15) is 17.2 Å². The summed E-state index contributed by atoms with van der Waals surface area (Å²) >= 11 is 0. The van der Waals surface area contributed by atoms with Gasteiger partial charge in [-0.1, -0.05) is 6.07 Å². The number of alkyl carbamates (subject to hydrolysis) is 1. The number of amides is 1.